The molecule has 0 aliphatic rings. The molecule has 1 amide bonds. The lowest BCUT2D eigenvalue weighted by atomic mass is 10.1. The van der Waals surface area contributed by atoms with Crippen LogP contribution in [0.15, 0.2) is 12.1 Å². The second-order valence-electron chi connectivity index (χ2n) is 3.12. The Morgan fingerprint density at radius 1 is 1.50 bits per heavy atom. The zero-order valence-electron chi connectivity index (χ0n) is 8.62. The number of aromatic nitrogens is 1. The van der Waals surface area contributed by atoms with E-state index in [-0.39, 0.29) is 17.3 Å². The molecule has 2 unspecified atom stereocenters. The summed E-state index contributed by atoms with van der Waals surface area (Å²) < 4.78 is 4.82. The molecule has 1 aromatic heterocycles. The van der Waals surface area contributed by atoms with E-state index in [4.69, 9.17) is 16.2 Å². The Morgan fingerprint density at radius 3 is 2.62 bits per heavy atom. The molecule has 7 nitrogen and oxygen atoms in total. The summed E-state index contributed by atoms with van der Waals surface area (Å²) in [6.07, 6.45) is -3.34. The molecule has 1 rings (SSSR count). The van der Waals surface area contributed by atoms with Gasteiger partial charge in [0, 0.05) is 6.07 Å². The minimum absolute atomic E-state index is 0.0503. The monoisotopic (exact) mass is 227 g/mol. The van der Waals surface area contributed by atoms with E-state index in [2.05, 4.69) is 4.98 Å². The number of hydrogen-bond donors (Lipinski definition) is 4. The third-order valence-corrected chi connectivity index (χ3v) is 2.01. The highest BCUT2D eigenvalue weighted by molar-refractivity contribution is 5.79. The van der Waals surface area contributed by atoms with E-state index < -0.39 is 18.1 Å². The molecule has 0 aromatic carbocycles. The van der Waals surface area contributed by atoms with E-state index in [1.807, 2.05) is 0 Å². The average molecular weight is 227 g/mol. The summed E-state index contributed by atoms with van der Waals surface area (Å²) in [7, 11) is 1.39. The Kier molecular flexibility index (Phi) is 3.64. The van der Waals surface area contributed by atoms with Gasteiger partial charge in [-0.2, -0.15) is 0 Å². The predicted molar refractivity (Wildman–Crippen MR) is 55.4 cm³/mol. The molecule has 0 radical (unpaired) electrons. The van der Waals surface area contributed by atoms with Crippen LogP contribution in [0, 0.1) is 0 Å². The van der Waals surface area contributed by atoms with Crippen molar-refractivity contribution in [2.45, 2.75) is 12.2 Å². The van der Waals surface area contributed by atoms with Crippen LogP contribution in [-0.4, -0.2) is 34.3 Å². The maximum atomic E-state index is 10.7. The Balaban J connectivity index is 3.06. The average Bonchev–Trinajstić information content (AvgIpc) is 2.27. The molecule has 6 N–H and O–H groups in total. The van der Waals surface area contributed by atoms with Crippen LogP contribution < -0.4 is 16.2 Å². The van der Waals surface area contributed by atoms with Crippen molar-refractivity contribution in [2.75, 3.05) is 12.8 Å². The minimum Gasteiger partial charge on any atom is -0.481 e. The summed E-state index contributed by atoms with van der Waals surface area (Å²) >= 11 is 0. The summed E-state index contributed by atoms with van der Waals surface area (Å²) in [5.74, 6) is -0.851. The second-order valence-corrected chi connectivity index (χ2v) is 3.12. The first kappa shape index (κ1) is 12.2. The number of hydrogen-bond acceptors (Lipinski definition) is 6. The highest BCUT2D eigenvalue weighted by Gasteiger charge is 2.26. The molecule has 0 saturated heterocycles. The van der Waals surface area contributed by atoms with Crippen molar-refractivity contribution < 1.29 is 19.7 Å². The molecular weight excluding hydrogens is 214 g/mol. The Labute approximate surface area is 91.7 Å². The number of nitrogens with zero attached hydrogens (tertiary/aromatic N) is 1. The highest BCUT2D eigenvalue weighted by atomic mass is 16.5. The van der Waals surface area contributed by atoms with E-state index >= 15 is 0 Å². The molecule has 0 aliphatic heterocycles. The molecule has 16 heavy (non-hydrogen) atoms. The third-order valence-electron chi connectivity index (χ3n) is 2.01. The molecule has 88 valence electrons. The Hall–Kier alpha value is -1.86. The number of carbonyl (C=O) groups is 1. The quantitative estimate of drug-likeness (QED) is 0.497. The van der Waals surface area contributed by atoms with Crippen molar-refractivity contribution in [1.29, 1.82) is 0 Å². The summed E-state index contributed by atoms with van der Waals surface area (Å²) in [5, 5.41) is 18.9. The number of nitrogens with two attached hydrogens (primary N) is 2. The first-order chi connectivity index (χ1) is 7.47. The maximum Gasteiger partial charge on any atom is 0.249 e. The van der Waals surface area contributed by atoms with Crippen LogP contribution in [0.25, 0.3) is 0 Å². The van der Waals surface area contributed by atoms with Crippen LogP contribution in [0.5, 0.6) is 5.88 Å². The third kappa shape index (κ3) is 2.38. The first-order valence-electron chi connectivity index (χ1n) is 4.43. The van der Waals surface area contributed by atoms with Gasteiger partial charge in [0.15, 0.2) is 6.10 Å². The Bertz CT molecular complexity index is 396. The topological polar surface area (TPSA) is 132 Å². The fraction of sp³-hybridized carbons (Fsp3) is 0.333. The van der Waals surface area contributed by atoms with Gasteiger partial charge < -0.3 is 26.4 Å². The largest absolute Gasteiger partial charge is 0.481 e. The number of methoxy groups -OCH3 is 1. The molecule has 1 aromatic rings. The SMILES string of the molecule is COc1ccc(N)c(C(O)C(O)C(N)=O)n1. The number of pyridine rings is 1. The second kappa shape index (κ2) is 4.77. The van der Waals surface area contributed by atoms with E-state index in [0.717, 1.165) is 0 Å². The smallest absolute Gasteiger partial charge is 0.249 e. The lowest BCUT2D eigenvalue weighted by molar-refractivity contribution is -0.132. The summed E-state index contributed by atoms with van der Waals surface area (Å²) in [4.78, 5) is 14.5. The number of rotatable bonds is 4. The van der Waals surface area contributed by atoms with Crippen molar-refractivity contribution >= 4 is 11.6 Å². The number of aliphatic hydroxyl groups is 2. The summed E-state index contributed by atoms with van der Waals surface area (Å²) in [6.45, 7) is 0. The molecule has 0 aliphatic carbocycles. The van der Waals surface area contributed by atoms with Gasteiger partial charge in [-0.1, -0.05) is 0 Å². The molecular formula is C9H13N3O4. The van der Waals surface area contributed by atoms with Crippen LogP contribution in [0.4, 0.5) is 5.69 Å². The fourth-order valence-corrected chi connectivity index (χ4v) is 1.12. The standard InChI is InChI=1S/C9H13N3O4/c1-16-5-3-2-4(10)6(12-5)7(13)8(14)9(11)15/h2-3,7-8,13-14H,10H2,1H3,(H2,11,15). The summed E-state index contributed by atoms with van der Waals surface area (Å²) in [5.41, 5.74) is 10.5. The van der Waals surface area contributed by atoms with E-state index in [0.29, 0.717) is 0 Å². The van der Waals surface area contributed by atoms with Crippen molar-refractivity contribution in [3.05, 3.63) is 17.8 Å². The molecule has 0 spiro atoms. The van der Waals surface area contributed by atoms with Gasteiger partial charge in [-0.15, -0.1) is 0 Å². The Morgan fingerprint density at radius 2 is 2.12 bits per heavy atom. The van der Waals surface area contributed by atoms with Crippen molar-refractivity contribution in [3.8, 4) is 5.88 Å². The zero-order valence-corrected chi connectivity index (χ0v) is 8.62. The number of primary amides is 1. The van der Waals surface area contributed by atoms with Crippen LogP contribution in [0.3, 0.4) is 0 Å². The summed E-state index contributed by atoms with van der Waals surface area (Å²) in [6, 6.07) is 2.93. The fourth-order valence-electron chi connectivity index (χ4n) is 1.12. The van der Waals surface area contributed by atoms with Crippen LogP contribution >= 0.6 is 0 Å². The van der Waals surface area contributed by atoms with Gasteiger partial charge in [0.1, 0.15) is 6.10 Å². The lowest BCUT2D eigenvalue weighted by Crippen LogP contribution is -2.34. The van der Waals surface area contributed by atoms with Crippen LogP contribution in [-0.2, 0) is 4.79 Å². The van der Waals surface area contributed by atoms with Gasteiger partial charge in [-0.05, 0) is 6.07 Å². The number of aliphatic hydroxyl groups excluding tert-OH is 2. The predicted octanol–water partition coefficient (Wildman–Crippen LogP) is -1.45. The van der Waals surface area contributed by atoms with Gasteiger partial charge in [-0.3, -0.25) is 4.79 Å². The first-order valence-corrected chi connectivity index (χ1v) is 4.43. The van der Waals surface area contributed by atoms with Crippen molar-refractivity contribution in [3.63, 3.8) is 0 Å². The van der Waals surface area contributed by atoms with E-state index in [1.165, 1.54) is 19.2 Å². The van der Waals surface area contributed by atoms with E-state index in [9.17, 15) is 15.0 Å². The van der Waals surface area contributed by atoms with Crippen molar-refractivity contribution in [1.82, 2.24) is 4.98 Å². The lowest BCUT2D eigenvalue weighted by Gasteiger charge is -2.16. The normalized spacial score (nSPS) is 14.2. The molecule has 0 bridgehead atoms. The molecule has 0 saturated carbocycles. The van der Waals surface area contributed by atoms with E-state index in [1.54, 1.807) is 0 Å². The minimum atomic E-state index is -1.76. The highest BCUT2D eigenvalue weighted by Crippen LogP contribution is 2.23. The van der Waals surface area contributed by atoms with Gasteiger partial charge in [-0.25, -0.2) is 4.98 Å². The van der Waals surface area contributed by atoms with Gasteiger partial charge in [0.05, 0.1) is 18.5 Å². The number of ether oxygens (including phenoxy) is 1. The van der Waals surface area contributed by atoms with Crippen LogP contribution in [0.2, 0.25) is 0 Å². The molecule has 7 heteroatoms. The molecule has 2 atom stereocenters. The van der Waals surface area contributed by atoms with Gasteiger partial charge in [0.2, 0.25) is 11.8 Å². The van der Waals surface area contributed by atoms with Gasteiger partial charge >= 0.3 is 0 Å². The van der Waals surface area contributed by atoms with Crippen molar-refractivity contribution in [2.24, 2.45) is 5.73 Å². The number of carbonyl (C=O) groups excluding carboxylic acids is 1. The number of anilines is 1. The molecule has 1 heterocycles. The maximum absolute atomic E-state index is 10.7. The number of nitrogen functional groups attached to an aromatic ring is 1. The number of amides is 1. The zero-order chi connectivity index (χ0) is 12.3. The molecule has 0 fully saturated rings. The van der Waals surface area contributed by atoms with Crippen LogP contribution in [0.1, 0.15) is 11.8 Å². The van der Waals surface area contributed by atoms with Gasteiger partial charge in [0.25, 0.3) is 0 Å².